The molecule has 4 rings (SSSR count). The standard InChI is InChI=1S/C20H17NO2/c1-23-19-11-10-17(15-7-3-4-8-16(15)19)20(22)21-13-12-14-6-2-5-9-18(14)21/h2-11H,12-13H2,1H3. The number of amides is 1. The maximum absolute atomic E-state index is 13.1. The Bertz CT molecular complexity index is 901. The molecular formula is C20H17NO2. The van der Waals surface area contributed by atoms with E-state index in [0.29, 0.717) is 0 Å². The van der Waals surface area contributed by atoms with Gasteiger partial charge in [0.05, 0.1) is 7.11 Å². The van der Waals surface area contributed by atoms with Crippen LogP contribution in [0.25, 0.3) is 10.8 Å². The van der Waals surface area contributed by atoms with Crippen molar-refractivity contribution in [1.82, 2.24) is 0 Å². The van der Waals surface area contributed by atoms with Crippen molar-refractivity contribution in [3.8, 4) is 5.75 Å². The summed E-state index contributed by atoms with van der Waals surface area (Å²) in [6, 6.07) is 19.7. The SMILES string of the molecule is COc1ccc(C(=O)N2CCc3ccccc32)c2ccccc12. The van der Waals surface area contributed by atoms with Crippen LogP contribution in [0, 0.1) is 0 Å². The second kappa shape index (κ2) is 5.43. The Labute approximate surface area is 135 Å². The average Bonchev–Trinajstić information content (AvgIpc) is 3.04. The predicted molar refractivity (Wildman–Crippen MR) is 92.3 cm³/mol. The van der Waals surface area contributed by atoms with Crippen LogP contribution in [0.1, 0.15) is 15.9 Å². The molecule has 1 amide bonds. The third-order valence-electron chi connectivity index (χ3n) is 4.47. The van der Waals surface area contributed by atoms with E-state index in [2.05, 4.69) is 6.07 Å². The van der Waals surface area contributed by atoms with E-state index in [0.717, 1.165) is 40.7 Å². The van der Waals surface area contributed by atoms with Gasteiger partial charge < -0.3 is 9.64 Å². The highest BCUT2D eigenvalue weighted by atomic mass is 16.5. The molecule has 0 spiro atoms. The van der Waals surface area contributed by atoms with Gasteiger partial charge in [0.1, 0.15) is 5.75 Å². The summed E-state index contributed by atoms with van der Waals surface area (Å²) in [6.45, 7) is 0.735. The van der Waals surface area contributed by atoms with E-state index in [-0.39, 0.29) is 5.91 Å². The van der Waals surface area contributed by atoms with Crippen molar-refractivity contribution in [1.29, 1.82) is 0 Å². The van der Waals surface area contributed by atoms with Gasteiger partial charge in [-0.2, -0.15) is 0 Å². The van der Waals surface area contributed by atoms with Crippen molar-refractivity contribution in [2.75, 3.05) is 18.6 Å². The minimum Gasteiger partial charge on any atom is -0.496 e. The first-order valence-corrected chi connectivity index (χ1v) is 7.75. The van der Waals surface area contributed by atoms with Crippen LogP contribution >= 0.6 is 0 Å². The Morgan fingerprint density at radius 1 is 0.957 bits per heavy atom. The van der Waals surface area contributed by atoms with Gasteiger partial charge in [0, 0.05) is 23.2 Å². The fraction of sp³-hybridized carbons (Fsp3) is 0.150. The van der Waals surface area contributed by atoms with Crippen molar-refractivity contribution >= 4 is 22.4 Å². The molecule has 3 aromatic rings. The van der Waals surface area contributed by atoms with Crippen molar-refractivity contribution in [3.05, 3.63) is 71.8 Å². The smallest absolute Gasteiger partial charge is 0.258 e. The third-order valence-corrected chi connectivity index (χ3v) is 4.47. The second-order valence-corrected chi connectivity index (χ2v) is 5.70. The molecule has 0 fully saturated rings. The average molecular weight is 303 g/mol. The first-order valence-electron chi connectivity index (χ1n) is 7.75. The van der Waals surface area contributed by atoms with Crippen LogP contribution in [-0.4, -0.2) is 19.6 Å². The summed E-state index contributed by atoms with van der Waals surface area (Å²) in [4.78, 5) is 15.0. The summed E-state index contributed by atoms with van der Waals surface area (Å²) in [5, 5.41) is 1.90. The van der Waals surface area contributed by atoms with Crippen LogP contribution in [0.2, 0.25) is 0 Å². The van der Waals surface area contributed by atoms with Crippen LogP contribution < -0.4 is 9.64 Å². The Kier molecular flexibility index (Phi) is 3.27. The minimum atomic E-state index is 0.0498. The van der Waals surface area contributed by atoms with E-state index in [4.69, 9.17) is 4.74 Å². The molecule has 0 saturated heterocycles. The zero-order valence-electron chi connectivity index (χ0n) is 13.0. The number of rotatable bonds is 2. The van der Waals surface area contributed by atoms with Crippen molar-refractivity contribution < 1.29 is 9.53 Å². The highest BCUT2D eigenvalue weighted by molar-refractivity contribution is 6.15. The van der Waals surface area contributed by atoms with E-state index < -0.39 is 0 Å². The Morgan fingerprint density at radius 2 is 1.70 bits per heavy atom. The molecule has 0 aliphatic carbocycles. The van der Waals surface area contributed by atoms with E-state index in [1.165, 1.54) is 5.56 Å². The monoisotopic (exact) mass is 303 g/mol. The molecular weight excluding hydrogens is 286 g/mol. The van der Waals surface area contributed by atoms with Gasteiger partial charge in [0.25, 0.3) is 5.91 Å². The highest BCUT2D eigenvalue weighted by Gasteiger charge is 2.26. The largest absolute Gasteiger partial charge is 0.496 e. The number of carbonyl (C=O) groups is 1. The second-order valence-electron chi connectivity index (χ2n) is 5.70. The maximum atomic E-state index is 13.1. The Hall–Kier alpha value is -2.81. The minimum absolute atomic E-state index is 0.0498. The van der Waals surface area contributed by atoms with E-state index in [1.54, 1.807) is 7.11 Å². The fourth-order valence-corrected chi connectivity index (χ4v) is 3.33. The molecule has 0 atom stereocenters. The number of hydrogen-bond acceptors (Lipinski definition) is 2. The molecule has 1 aliphatic rings. The Morgan fingerprint density at radius 3 is 2.52 bits per heavy atom. The molecule has 0 aromatic heterocycles. The molecule has 0 radical (unpaired) electrons. The summed E-state index contributed by atoms with van der Waals surface area (Å²) >= 11 is 0. The molecule has 0 saturated carbocycles. The summed E-state index contributed by atoms with van der Waals surface area (Å²) in [6.07, 6.45) is 0.913. The molecule has 0 bridgehead atoms. The van der Waals surface area contributed by atoms with Gasteiger partial charge in [0.2, 0.25) is 0 Å². The summed E-state index contributed by atoms with van der Waals surface area (Å²) in [5.74, 6) is 0.841. The third kappa shape index (κ3) is 2.16. The number of carbonyl (C=O) groups excluding carboxylic acids is 1. The van der Waals surface area contributed by atoms with Gasteiger partial charge in [-0.1, -0.05) is 42.5 Å². The summed E-state index contributed by atoms with van der Waals surface area (Å²) < 4.78 is 5.42. The lowest BCUT2D eigenvalue weighted by molar-refractivity contribution is 0.0991. The van der Waals surface area contributed by atoms with Crippen molar-refractivity contribution in [2.45, 2.75) is 6.42 Å². The number of benzene rings is 3. The maximum Gasteiger partial charge on any atom is 0.258 e. The topological polar surface area (TPSA) is 29.5 Å². The zero-order chi connectivity index (χ0) is 15.8. The number of anilines is 1. The molecule has 23 heavy (non-hydrogen) atoms. The molecule has 3 nitrogen and oxygen atoms in total. The van der Waals surface area contributed by atoms with Crippen LogP contribution in [0.5, 0.6) is 5.75 Å². The number of fused-ring (bicyclic) bond motifs is 2. The molecule has 3 aromatic carbocycles. The molecule has 114 valence electrons. The normalized spacial score (nSPS) is 13.2. The van der Waals surface area contributed by atoms with Gasteiger partial charge in [-0.15, -0.1) is 0 Å². The highest BCUT2D eigenvalue weighted by Crippen LogP contribution is 2.33. The van der Waals surface area contributed by atoms with Gasteiger partial charge in [-0.25, -0.2) is 0 Å². The molecule has 3 heteroatoms. The summed E-state index contributed by atoms with van der Waals surface area (Å²) in [5.41, 5.74) is 2.98. The van der Waals surface area contributed by atoms with Gasteiger partial charge in [-0.05, 0) is 35.6 Å². The quantitative estimate of drug-likeness (QED) is 0.715. The predicted octanol–water partition coefficient (Wildman–Crippen LogP) is 4.05. The van der Waals surface area contributed by atoms with Gasteiger partial charge >= 0.3 is 0 Å². The number of ether oxygens (including phenoxy) is 1. The lowest BCUT2D eigenvalue weighted by Crippen LogP contribution is -2.29. The molecule has 0 N–H and O–H groups in total. The van der Waals surface area contributed by atoms with Crippen LogP contribution in [-0.2, 0) is 6.42 Å². The number of methoxy groups -OCH3 is 1. The van der Waals surface area contributed by atoms with Crippen LogP contribution in [0.4, 0.5) is 5.69 Å². The van der Waals surface area contributed by atoms with Gasteiger partial charge in [-0.3, -0.25) is 4.79 Å². The van der Waals surface area contributed by atoms with Crippen molar-refractivity contribution in [3.63, 3.8) is 0 Å². The summed E-state index contributed by atoms with van der Waals surface area (Å²) in [7, 11) is 1.65. The molecule has 0 unspecified atom stereocenters. The lowest BCUT2D eigenvalue weighted by atomic mass is 10.0. The van der Waals surface area contributed by atoms with E-state index >= 15 is 0 Å². The van der Waals surface area contributed by atoms with E-state index in [1.807, 2.05) is 59.5 Å². The van der Waals surface area contributed by atoms with Crippen LogP contribution in [0.15, 0.2) is 60.7 Å². The van der Waals surface area contributed by atoms with Gasteiger partial charge in [0.15, 0.2) is 0 Å². The zero-order valence-corrected chi connectivity index (χ0v) is 13.0. The number of para-hydroxylation sites is 1. The molecule has 1 heterocycles. The first-order chi connectivity index (χ1) is 11.3. The molecule has 1 aliphatic heterocycles. The van der Waals surface area contributed by atoms with Crippen LogP contribution in [0.3, 0.4) is 0 Å². The fourth-order valence-electron chi connectivity index (χ4n) is 3.33. The number of nitrogens with zero attached hydrogens (tertiary/aromatic N) is 1. The van der Waals surface area contributed by atoms with Crippen molar-refractivity contribution in [2.24, 2.45) is 0 Å². The lowest BCUT2D eigenvalue weighted by Gasteiger charge is -2.19. The first kappa shape index (κ1) is 13.8. The Balaban J connectivity index is 1.83. The van der Waals surface area contributed by atoms with E-state index in [9.17, 15) is 4.79 Å². The number of hydrogen-bond donors (Lipinski definition) is 0.